The first kappa shape index (κ1) is 17.0. The Morgan fingerprint density at radius 3 is 2.41 bits per heavy atom. The van der Waals surface area contributed by atoms with Gasteiger partial charge in [-0.3, -0.25) is 9.59 Å². The molecule has 2 heterocycles. The van der Waals surface area contributed by atoms with Crippen molar-refractivity contribution in [1.82, 2.24) is 10.9 Å². The van der Waals surface area contributed by atoms with Gasteiger partial charge in [-0.2, -0.15) is 0 Å². The van der Waals surface area contributed by atoms with Crippen LogP contribution in [0.3, 0.4) is 0 Å². The highest BCUT2D eigenvalue weighted by molar-refractivity contribution is 6.25. The molecule has 0 aromatic heterocycles. The molecule has 0 saturated carbocycles. The van der Waals surface area contributed by atoms with Crippen molar-refractivity contribution in [3.05, 3.63) is 78.0 Å². The summed E-state index contributed by atoms with van der Waals surface area (Å²) in [7, 11) is 0. The van der Waals surface area contributed by atoms with Gasteiger partial charge >= 0.3 is 5.97 Å². The molecule has 1 spiro atoms. The third kappa shape index (κ3) is 3.09. The fourth-order valence-electron chi connectivity index (χ4n) is 3.16. The zero-order valence-electron chi connectivity index (χ0n) is 14.3. The number of nitrogens with zero attached hydrogens (tertiary/aromatic N) is 1. The SMILES string of the molecule is O=C(OCc1ccccc1)C1=C[C@]2(CC(=O)N(c3ccccc3)C2=O)NN1. The number of amides is 2. The molecule has 2 aromatic rings. The molecule has 2 aliphatic heterocycles. The van der Waals surface area contributed by atoms with E-state index in [2.05, 4.69) is 10.9 Å². The second-order valence-electron chi connectivity index (χ2n) is 6.39. The number of rotatable bonds is 4. The average molecular weight is 363 g/mol. The molecule has 1 atom stereocenters. The van der Waals surface area contributed by atoms with Crippen molar-refractivity contribution in [2.75, 3.05) is 4.90 Å². The van der Waals surface area contributed by atoms with Gasteiger partial charge in [0.05, 0.1) is 12.1 Å². The molecule has 2 aliphatic rings. The minimum Gasteiger partial charge on any atom is -0.456 e. The van der Waals surface area contributed by atoms with E-state index in [0.717, 1.165) is 10.5 Å². The van der Waals surface area contributed by atoms with E-state index in [9.17, 15) is 14.4 Å². The molecular weight excluding hydrogens is 346 g/mol. The van der Waals surface area contributed by atoms with Gasteiger partial charge < -0.3 is 10.2 Å². The lowest BCUT2D eigenvalue weighted by Gasteiger charge is -2.19. The average Bonchev–Trinajstić information content (AvgIpc) is 3.23. The molecule has 2 amide bonds. The molecule has 7 heteroatoms. The number of benzene rings is 2. The Labute approximate surface area is 155 Å². The first-order valence-electron chi connectivity index (χ1n) is 8.49. The van der Waals surface area contributed by atoms with Crippen LogP contribution in [0.1, 0.15) is 12.0 Å². The fraction of sp³-hybridized carbons (Fsp3) is 0.150. The molecule has 1 fully saturated rings. The molecule has 136 valence electrons. The number of ether oxygens (including phenoxy) is 1. The number of carbonyl (C=O) groups excluding carboxylic acids is 3. The van der Waals surface area contributed by atoms with Crippen LogP contribution in [0.4, 0.5) is 5.69 Å². The van der Waals surface area contributed by atoms with Crippen molar-refractivity contribution in [3.63, 3.8) is 0 Å². The number of hydrogen-bond donors (Lipinski definition) is 2. The molecule has 27 heavy (non-hydrogen) atoms. The maximum Gasteiger partial charge on any atom is 0.355 e. The van der Waals surface area contributed by atoms with Crippen LogP contribution in [0.5, 0.6) is 0 Å². The van der Waals surface area contributed by atoms with Crippen molar-refractivity contribution < 1.29 is 19.1 Å². The summed E-state index contributed by atoms with van der Waals surface area (Å²) in [6.45, 7) is 0.120. The van der Waals surface area contributed by atoms with Gasteiger partial charge in [0.1, 0.15) is 17.8 Å². The molecule has 2 aromatic carbocycles. The molecule has 0 unspecified atom stereocenters. The summed E-state index contributed by atoms with van der Waals surface area (Å²) in [6, 6.07) is 18.0. The highest BCUT2D eigenvalue weighted by Gasteiger charge is 2.54. The molecule has 1 saturated heterocycles. The summed E-state index contributed by atoms with van der Waals surface area (Å²) in [5, 5.41) is 0. The van der Waals surface area contributed by atoms with Crippen molar-refractivity contribution >= 4 is 23.5 Å². The van der Waals surface area contributed by atoms with Crippen LogP contribution in [0.25, 0.3) is 0 Å². The van der Waals surface area contributed by atoms with Gasteiger partial charge in [0.25, 0.3) is 5.91 Å². The number of esters is 1. The number of anilines is 1. The first-order chi connectivity index (χ1) is 13.1. The number of nitrogens with one attached hydrogen (secondary N) is 2. The predicted octanol–water partition coefficient (Wildman–Crippen LogP) is 1.42. The highest BCUT2D eigenvalue weighted by atomic mass is 16.5. The van der Waals surface area contributed by atoms with E-state index in [0.29, 0.717) is 5.69 Å². The van der Waals surface area contributed by atoms with Crippen molar-refractivity contribution in [1.29, 1.82) is 0 Å². The number of hydrazine groups is 1. The van der Waals surface area contributed by atoms with Gasteiger partial charge in [0, 0.05) is 0 Å². The summed E-state index contributed by atoms with van der Waals surface area (Å²) < 4.78 is 5.27. The topological polar surface area (TPSA) is 87.7 Å². The van der Waals surface area contributed by atoms with Gasteiger partial charge in [0.2, 0.25) is 5.91 Å². The Bertz CT molecular complexity index is 927. The fourth-order valence-corrected chi connectivity index (χ4v) is 3.16. The van der Waals surface area contributed by atoms with Gasteiger partial charge in [0.15, 0.2) is 0 Å². The van der Waals surface area contributed by atoms with Crippen LogP contribution >= 0.6 is 0 Å². The molecule has 0 aliphatic carbocycles. The Morgan fingerprint density at radius 2 is 1.70 bits per heavy atom. The van der Waals surface area contributed by atoms with Crippen molar-refractivity contribution in [2.45, 2.75) is 18.6 Å². The Morgan fingerprint density at radius 1 is 1.04 bits per heavy atom. The van der Waals surface area contributed by atoms with Gasteiger partial charge in [-0.05, 0) is 23.8 Å². The molecule has 0 bridgehead atoms. The smallest absolute Gasteiger partial charge is 0.355 e. The predicted molar refractivity (Wildman–Crippen MR) is 96.9 cm³/mol. The Hall–Kier alpha value is -3.45. The lowest BCUT2D eigenvalue weighted by atomic mass is 9.98. The van der Waals surface area contributed by atoms with Crippen LogP contribution in [0.15, 0.2) is 72.4 Å². The maximum atomic E-state index is 12.9. The van der Waals surface area contributed by atoms with E-state index in [1.807, 2.05) is 30.3 Å². The Kier molecular flexibility index (Phi) is 4.21. The van der Waals surface area contributed by atoms with Crippen LogP contribution in [0, 0.1) is 0 Å². The zero-order valence-corrected chi connectivity index (χ0v) is 14.3. The minimum absolute atomic E-state index is 0.0802. The van der Waals surface area contributed by atoms with Crippen molar-refractivity contribution in [2.24, 2.45) is 0 Å². The summed E-state index contributed by atoms with van der Waals surface area (Å²) in [5.74, 6) is -1.37. The zero-order chi connectivity index (χ0) is 18.9. The van der Waals surface area contributed by atoms with Gasteiger partial charge in [-0.1, -0.05) is 48.5 Å². The van der Waals surface area contributed by atoms with E-state index < -0.39 is 17.4 Å². The van der Waals surface area contributed by atoms with Crippen molar-refractivity contribution in [3.8, 4) is 0 Å². The molecule has 4 rings (SSSR count). The van der Waals surface area contributed by atoms with Crippen LogP contribution in [-0.2, 0) is 25.7 Å². The third-order valence-electron chi connectivity index (χ3n) is 4.52. The van der Waals surface area contributed by atoms with E-state index in [1.54, 1.807) is 30.3 Å². The van der Waals surface area contributed by atoms with Crippen LogP contribution < -0.4 is 15.8 Å². The molecular formula is C20H17N3O4. The normalized spacial score (nSPS) is 21.3. The lowest BCUT2D eigenvalue weighted by Crippen LogP contribution is -2.51. The second kappa shape index (κ2) is 6.69. The van der Waals surface area contributed by atoms with E-state index in [-0.39, 0.29) is 24.6 Å². The highest BCUT2D eigenvalue weighted by Crippen LogP contribution is 2.32. The second-order valence-corrected chi connectivity index (χ2v) is 6.39. The van der Waals surface area contributed by atoms with Crippen LogP contribution in [0.2, 0.25) is 0 Å². The quantitative estimate of drug-likeness (QED) is 0.631. The summed E-state index contributed by atoms with van der Waals surface area (Å²) in [5.41, 5.74) is 5.66. The maximum absolute atomic E-state index is 12.9. The standard InChI is InChI=1S/C20H17N3O4/c24-17-12-20(19(26)23(17)15-9-5-2-6-10-15)11-16(21-22-20)18(25)27-13-14-7-3-1-4-8-14/h1-11,21-22H,12-13H2/t20-/m1/s1. The molecule has 2 N–H and O–H groups in total. The minimum atomic E-state index is -1.28. The number of hydrogen-bond acceptors (Lipinski definition) is 6. The third-order valence-corrected chi connectivity index (χ3v) is 4.52. The summed E-state index contributed by atoms with van der Waals surface area (Å²) in [4.78, 5) is 38.7. The monoisotopic (exact) mass is 363 g/mol. The Balaban J connectivity index is 1.50. The van der Waals surface area contributed by atoms with E-state index in [4.69, 9.17) is 4.74 Å². The largest absolute Gasteiger partial charge is 0.456 e. The molecule has 7 nitrogen and oxygen atoms in total. The number of imide groups is 1. The van der Waals surface area contributed by atoms with Gasteiger partial charge in [-0.15, -0.1) is 0 Å². The number of carbonyl (C=O) groups is 3. The summed E-state index contributed by atoms with van der Waals surface area (Å²) >= 11 is 0. The summed E-state index contributed by atoms with van der Waals surface area (Å²) in [6.07, 6.45) is 1.35. The van der Waals surface area contributed by atoms with Gasteiger partial charge in [-0.25, -0.2) is 15.1 Å². The number of para-hydroxylation sites is 1. The molecule has 0 radical (unpaired) electrons. The lowest BCUT2D eigenvalue weighted by molar-refractivity contribution is -0.140. The van der Waals surface area contributed by atoms with Crippen LogP contribution in [-0.4, -0.2) is 23.3 Å². The first-order valence-corrected chi connectivity index (χ1v) is 8.49. The van der Waals surface area contributed by atoms with E-state index in [1.165, 1.54) is 6.08 Å². The van der Waals surface area contributed by atoms with E-state index >= 15 is 0 Å².